The maximum Gasteiger partial charge on any atom is 0.0725 e. The van der Waals surface area contributed by atoms with Crippen molar-refractivity contribution >= 4 is 91.9 Å². The fourth-order valence-electron chi connectivity index (χ4n) is 14.9. The molecule has 0 saturated heterocycles. The Hall–Kier alpha value is -10.6. The first kappa shape index (κ1) is 47.1. The zero-order chi connectivity index (χ0) is 55.0. The first-order valence-corrected chi connectivity index (χ1v) is 29.9. The first-order valence-electron chi connectivity index (χ1n) is 29.1. The van der Waals surface area contributed by atoms with Crippen molar-refractivity contribution in [2.75, 3.05) is 4.90 Å². The van der Waals surface area contributed by atoms with Gasteiger partial charge in [-0.2, -0.15) is 0 Å². The standard InChI is InChI=1S/C81H50N2S/c1-2-19-51(20-3-1)52-39-43-56(44-40-52)82(57-45-41-54(42-46-57)60-30-16-23-53-21-4-6-24-59(53)60)58-47-48-65-64-28-11-15-38-74(64)83(75(65)50-58)76-49-55-22-5-7-25-61(55)80-78(76)69-33-17-32-67(79(69)84-80)66-31-18-37-73-77(66)68-29-10-14-36-72(68)81(73)70-34-12-8-26-62(70)63-27-9-13-35-71(63)81/h1-50H. The van der Waals surface area contributed by atoms with Gasteiger partial charge in [-0.3, -0.25) is 0 Å². The predicted molar refractivity (Wildman–Crippen MR) is 356 cm³/mol. The number of anilines is 3. The minimum Gasteiger partial charge on any atom is -0.310 e. The van der Waals surface area contributed by atoms with Gasteiger partial charge in [0.25, 0.3) is 0 Å². The average Bonchev–Trinajstić information content (AvgIpc) is 1.98. The molecule has 1 spiro atoms. The zero-order valence-corrected chi connectivity index (χ0v) is 46.5. The van der Waals surface area contributed by atoms with Crippen molar-refractivity contribution in [1.29, 1.82) is 0 Å². The van der Waals surface area contributed by atoms with E-state index < -0.39 is 5.41 Å². The van der Waals surface area contributed by atoms with Gasteiger partial charge < -0.3 is 9.47 Å². The number of nitrogens with zero attached hydrogens (tertiary/aromatic N) is 2. The lowest BCUT2D eigenvalue weighted by Gasteiger charge is -2.30. The molecule has 0 bridgehead atoms. The van der Waals surface area contributed by atoms with Crippen molar-refractivity contribution in [2.24, 2.45) is 0 Å². The summed E-state index contributed by atoms with van der Waals surface area (Å²) in [4.78, 5) is 2.43. The number of benzene rings is 14. The van der Waals surface area contributed by atoms with Gasteiger partial charge in [-0.1, -0.05) is 255 Å². The molecule has 0 atom stereocenters. The first-order chi connectivity index (χ1) is 41.7. The van der Waals surface area contributed by atoms with Crippen LogP contribution >= 0.6 is 11.3 Å². The number of para-hydroxylation sites is 1. The molecule has 14 aromatic carbocycles. The second kappa shape index (κ2) is 18.2. The third-order valence-corrected chi connectivity index (χ3v) is 19.7. The van der Waals surface area contributed by atoms with Crippen LogP contribution < -0.4 is 4.90 Å². The predicted octanol–water partition coefficient (Wildman–Crippen LogP) is 22.3. The molecule has 84 heavy (non-hydrogen) atoms. The Morgan fingerprint density at radius 1 is 0.286 bits per heavy atom. The van der Waals surface area contributed by atoms with E-state index in [2.05, 4.69) is 313 Å². The molecule has 2 aliphatic rings. The van der Waals surface area contributed by atoms with Crippen LogP contribution in [-0.2, 0) is 5.41 Å². The van der Waals surface area contributed by atoms with E-state index in [0.717, 1.165) is 22.6 Å². The largest absolute Gasteiger partial charge is 0.310 e. The molecule has 0 fully saturated rings. The fraction of sp³-hybridized carbons (Fsp3) is 0.0123. The van der Waals surface area contributed by atoms with E-state index in [4.69, 9.17) is 0 Å². The Bertz CT molecular complexity index is 5320. The summed E-state index contributed by atoms with van der Waals surface area (Å²) >= 11 is 1.94. The van der Waals surface area contributed by atoms with Gasteiger partial charge in [-0.05, 0) is 142 Å². The molecular weight excluding hydrogens is 1030 g/mol. The van der Waals surface area contributed by atoms with Crippen molar-refractivity contribution in [1.82, 2.24) is 4.57 Å². The van der Waals surface area contributed by atoms with Gasteiger partial charge in [0.1, 0.15) is 0 Å². The highest BCUT2D eigenvalue weighted by atomic mass is 32.1. The van der Waals surface area contributed by atoms with Gasteiger partial charge in [0.05, 0.1) is 22.1 Å². The molecule has 2 aliphatic carbocycles. The van der Waals surface area contributed by atoms with E-state index in [-0.39, 0.29) is 0 Å². The smallest absolute Gasteiger partial charge is 0.0725 e. The highest BCUT2D eigenvalue weighted by molar-refractivity contribution is 7.27. The average molecular weight is 1080 g/mol. The molecule has 2 heterocycles. The van der Waals surface area contributed by atoms with Crippen LogP contribution in [0.3, 0.4) is 0 Å². The number of rotatable bonds is 7. The van der Waals surface area contributed by atoms with Crippen LogP contribution in [0.25, 0.3) is 125 Å². The molecule has 2 aromatic heterocycles. The van der Waals surface area contributed by atoms with Crippen LogP contribution in [0, 0.1) is 0 Å². The quantitative estimate of drug-likeness (QED) is 0.154. The minimum atomic E-state index is -0.427. The lowest BCUT2D eigenvalue weighted by Crippen LogP contribution is -2.25. The molecule has 3 heteroatoms. The van der Waals surface area contributed by atoms with E-state index in [1.54, 1.807) is 0 Å². The van der Waals surface area contributed by atoms with Crippen molar-refractivity contribution in [3.05, 3.63) is 326 Å². The fourth-order valence-corrected chi connectivity index (χ4v) is 16.3. The van der Waals surface area contributed by atoms with E-state index in [9.17, 15) is 0 Å². The molecule has 18 rings (SSSR count). The van der Waals surface area contributed by atoms with Crippen molar-refractivity contribution in [3.8, 4) is 61.3 Å². The number of fused-ring (bicyclic) bond motifs is 19. The van der Waals surface area contributed by atoms with Gasteiger partial charge >= 0.3 is 0 Å². The second-order valence-corrected chi connectivity index (χ2v) is 23.6. The molecule has 2 nitrogen and oxygen atoms in total. The Balaban J connectivity index is 0.857. The monoisotopic (exact) mass is 1080 g/mol. The summed E-state index contributed by atoms with van der Waals surface area (Å²) in [6.45, 7) is 0. The van der Waals surface area contributed by atoms with Crippen LogP contribution in [0.5, 0.6) is 0 Å². The summed E-state index contributed by atoms with van der Waals surface area (Å²) in [6, 6.07) is 113. The normalized spacial score (nSPS) is 12.9. The second-order valence-electron chi connectivity index (χ2n) is 22.6. The molecule has 0 amide bonds. The number of aromatic nitrogens is 1. The van der Waals surface area contributed by atoms with Gasteiger partial charge in [0, 0.05) is 53.6 Å². The van der Waals surface area contributed by atoms with E-state index in [1.165, 1.54) is 142 Å². The Morgan fingerprint density at radius 3 is 1.55 bits per heavy atom. The summed E-state index contributed by atoms with van der Waals surface area (Å²) in [5.41, 5.74) is 24.4. The number of hydrogen-bond donors (Lipinski definition) is 0. The van der Waals surface area contributed by atoms with Crippen molar-refractivity contribution < 1.29 is 0 Å². The van der Waals surface area contributed by atoms with Crippen LogP contribution in [0.15, 0.2) is 303 Å². The number of thiophene rings is 1. The topological polar surface area (TPSA) is 8.17 Å². The molecule has 390 valence electrons. The summed E-state index contributed by atoms with van der Waals surface area (Å²) in [5, 5.41) is 9.94. The Kier molecular flexibility index (Phi) is 10.2. The van der Waals surface area contributed by atoms with Crippen molar-refractivity contribution in [2.45, 2.75) is 5.41 Å². The maximum absolute atomic E-state index is 2.57. The third-order valence-electron chi connectivity index (χ3n) is 18.4. The third kappa shape index (κ3) is 6.67. The summed E-state index contributed by atoms with van der Waals surface area (Å²) < 4.78 is 5.15. The zero-order valence-electron chi connectivity index (χ0n) is 45.7. The molecule has 0 N–H and O–H groups in total. The Labute approximate surface area is 490 Å². The molecule has 0 radical (unpaired) electrons. The molecule has 16 aromatic rings. The maximum atomic E-state index is 2.57. The SMILES string of the molecule is c1ccc(-c2ccc(N(c3ccc(-c4cccc5ccccc45)cc3)c3ccc4c5ccccc5n(-c5cc6ccccc6c6sc7c(-c8cccc9c8-c8ccccc8C98c9ccccc9-c9ccccc98)cccc7c56)c4c3)cc2)cc1. The molecular formula is C81H50N2S. The van der Waals surface area contributed by atoms with Crippen LogP contribution in [-0.4, -0.2) is 4.57 Å². The highest BCUT2D eigenvalue weighted by Gasteiger charge is 2.52. The highest BCUT2D eigenvalue weighted by Crippen LogP contribution is 2.64. The van der Waals surface area contributed by atoms with Crippen molar-refractivity contribution in [3.63, 3.8) is 0 Å². The van der Waals surface area contributed by atoms with Crippen LogP contribution in [0.2, 0.25) is 0 Å². The van der Waals surface area contributed by atoms with Gasteiger partial charge in [0.15, 0.2) is 0 Å². The summed E-state index contributed by atoms with van der Waals surface area (Å²) in [7, 11) is 0. The lowest BCUT2D eigenvalue weighted by molar-refractivity contribution is 0.794. The van der Waals surface area contributed by atoms with Crippen LogP contribution in [0.4, 0.5) is 17.1 Å². The van der Waals surface area contributed by atoms with Gasteiger partial charge in [0.2, 0.25) is 0 Å². The Morgan fingerprint density at radius 2 is 0.786 bits per heavy atom. The molecule has 0 unspecified atom stereocenters. The molecule has 0 aliphatic heterocycles. The van der Waals surface area contributed by atoms with Gasteiger partial charge in [-0.25, -0.2) is 0 Å². The molecule has 0 saturated carbocycles. The van der Waals surface area contributed by atoms with E-state index >= 15 is 0 Å². The van der Waals surface area contributed by atoms with Crippen LogP contribution in [0.1, 0.15) is 22.3 Å². The minimum absolute atomic E-state index is 0.427. The summed E-state index contributed by atoms with van der Waals surface area (Å²) in [5.74, 6) is 0. The lowest BCUT2D eigenvalue weighted by atomic mass is 9.70. The number of hydrogen-bond acceptors (Lipinski definition) is 2. The van der Waals surface area contributed by atoms with E-state index in [0.29, 0.717) is 0 Å². The van der Waals surface area contributed by atoms with Gasteiger partial charge in [-0.15, -0.1) is 11.3 Å². The van der Waals surface area contributed by atoms with E-state index in [1.807, 2.05) is 11.3 Å². The summed E-state index contributed by atoms with van der Waals surface area (Å²) in [6.07, 6.45) is 0.